The molecule has 0 fully saturated rings. The lowest BCUT2D eigenvalue weighted by molar-refractivity contribution is -0.113. The minimum Gasteiger partial charge on any atom is -0.321 e. The molecule has 0 saturated carbocycles. The number of anilines is 1. The van der Waals surface area contributed by atoms with Crippen LogP contribution in [0.1, 0.15) is 27.6 Å². The molecule has 2 amide bonds. The zero-order valence-corrected chi connectivity index (χ0v) is 24.6. The van der Waals surface area contributed by atoms with Crippen molar-refractivity contribution in [2.45, 2.75) is 17.1 Å². The van der Waals surface area contributed by atoms with Gasteiger partial charge in [0.1, 0.15) is 5.70 Å². The van der Waals surface area contributed by atoms with E-state index in [0.717, 1.165) is 26.7 Å². The van der Waals surface area contributed by atoms with Crippen LogP contribution in [0.3, 0.4) is 0 Å². The fourth-order valence-electron chi connectivity index (χ4n) is 4.98. The maximum Gasteiger partial charge on any atom is 0.272 e. The van der Waals surface area contributed by atoms with Crippen molar-refractivity contribution in [1.82, 2.24) is 14.9 Å². The van der Waals surface area contributed by atoms with Gasteiger partial charge in [0.05, 0.1) is 16.3 Å². The number of pyridine rings is 1. The van der Waals surface area contributed by atoms with E-state index < -0.39 is 11.8 Å². The van der Waals surface area contributed by atoms with Crippen LogP contribution in [0.25, 0.3) is 27.9 Å². The monoisotopic (exact) mass is 596 g/mol. The van der Waals surface area contributed by atoms with Crippen LogP contribution in [0.2, 0.25) is 0 Å². The van der Waals surface area contributed by atoms with E-state index in [-0.39, 0.29) is 16.9 Å². The van der Waals surface area contributed by atoms with Gasteiger partial charge in [0.25, 0.3) is 11.8 Å². The number of nitrogens with zero attached hydrogens (tertiary/aromatic N) is 2. The maximum absolute atomic E-state index is 13.7. The van der Waals surface area contributed by atoms with Crippen molar-refractivity contribution in [3.05, 3.63) is 144 Å². The number of rotatable bonds is 8. The van der Waals surface area contributed by atoms with Crippen molar-refractivity contribution in [2.24, 2.45) is 0 Å². The summed E-state index contributed by atoms with van der Waals surface area (Å²) < 4.78 is 1.80. The Morgan fingerprint density at radius 1 is 0.773 bits per heavy atom. The number of amides is 2. The van der Waals surface area contributed by atoms with Gasteiger partial charge in [-0.1, -0.05) is 60.7 Å². The second-order valence-electron chi connectivity index (χ2n) is 10.1. The molecule has 6 rings (SSSR count). The lowest BCUT2D eigenvalue weighted by Crippen LogP contribution is -2.30. The number of aromatic nitrogens is 2. The summed E-state index contributed by atoms with van der Waals surface area (Å²) in [6.07, 6.45) is 4.82. The van der Waals surface area contributed by atoms with E-state index in [1.807, 2.05) is 73.7 Å². The summed E-state index contributed by atoms with van der Waals surface area (Å²) in [4.78, 5) is 44.9. The molecule has 7 nitrogen and oxygen atoms in total. The van der Waals surface area contributed by atoms with Crippen molar-refractivity contribution < 1.29 is 14.4 Å². The van der Waals surface area contributed by atoms with E-state index in [1.165, 1.54) is 11.8 Å². The van der Waals surface area contributed by atoms with Gasteiger partial charge in [0.2, 0.25) is 5.91 Å². The highest BCUT2D eigenvalue weighted by Gasteiger charge is 2.22. The zero-order chi connectivity index (χ0) is 30.5. The Labute approximate surface area is 258 Å². The van der Waals surface area contributed by atoms with E-state index in [4.69, 9.17) is 0 Å². The number of fused-ring (bicyclic) bond motifs is 3. The third-order valence-electron chi connectivity index (χ3n) is 7.10. The van der Waals surface area contributed by atoms with Gasteiger partial charge in [-0.25, -0.2) is 0 Å². The molecule has 0 radical (unpaired) electrons. The lowest BCUT2D eigenvalue weighted by Gasteiger charge is -2.14. The summed E-state index contributed by atoms with van der Waals surface area (Å²) in [7, 11) is 0. The van der Waals surface area contributed by atoms with Crippen molar-refractivity contribution in [1.29, 1.82) is 0 Å². The summed E-state index contributed by atoms with van der Waals surface area (Å²) in [5.41, 5.74) is 3.50. The van der Waals surface area contributed by atoms with Gasteiger partial charge in [-0.15, -0.1) is 11.8 Å². The fraction of sp³-hybridized carbons (Fsp3) is 0.0556. The SMILES string of the molecule is CC(Sc1ccc(NC(=O)/C(=C/c2cccnc2)NC(=O)c2ccccc2)cc1)C(=O)n1c2ccccc2c2ccccc21. The predicted octanol–water partition coefficient (Wildman–Crippen LogP) is 7.42. The Balaban J connectivity index is 1.17. The van der Waals surface area contributed by atoms with Crippen LogP contribution in [0.15, 0.2) is 138 Å². The minimum absolute atomic E-state index is 0.0101. The first kappa shape index (κ1) is 28.6. The Bertz CT molecular complexity index is 1950. The molecule has 0 saturated heterocycles. The van der Waals surface area contributed by atoms with Crippen molar-refractivity contribution >= 4 is 63.1 Å². The van der Waals surface area contributed by atoms with E-state index >= 15 is 0 Å². The van der Waals surface area contributed by atoms with E-state index in [1.54, 1.807) is 71.6 Å². The molecule has 44 heavy (non-hydrogen) atoms. The quantitative estimate of drug-likeness (QED) is 0.141. The van der Waals surface area contributed by atoms with Crippen LogP contribution in [0, 0.1) is 0 Å². The molecule has 0 aliphatic carbocycles. The smallest absolute Gasteiger partial charge is 0.272 e. The zero-order valence-electron chi connectivity index (χ0n) is 23.8. The molecule has 0 aliphatic rings. The van der Waals surface area contributed by atoms with Crippen molar-refractivity contribution in [3.8, 4) is 0 Å². The maximum atomic E-state index is 13.7. The van der Waals surface area contributed by atoms with E-state index in [2.05, 4.69) is 15.6 Å². The number of benzene rings is 4. The number of hydrogen-bond acceptors (Lipinski definition) is 5. The van der Waals surface area contributed by atoms with Crippen LogP contribution < -0.4 is 10.6 Å². The molecular formula is C36H28N4O3S. The average molecular weight is 597 g/mol. The Morgan fingerprint density at radius 2 is 1.41 bits per heavy atom. The topological polar surface area (TPSA) is 93.1 Å². The number of para-hydroxylation sites is 2. The second kappa shape index (κ2) is 12.8. The van der Waals surface area contributed by atoms with Gasteiger partial charge in [-0.05, 0) is 73.2 Å². The van der Waals surface area contributed by atoms with Crippen LogP contribution in [0.4, 0.5) is 5.69 Å². The first-order valence-electron chi connectivity index (χ1n) is 14.1. The van der Waals surface area contributed by atoms with Crippen LogP contribution >= 0.6 is 11.8 Å². The van der Waals surface area contributed by atoms with Gasteiger partial charge in [-0.3, -0.25) is 23.9 Å². The fourth-order valence-corrected chi connectivity index (χ4v) is 5.89. The highest BCUT2D eigenvalue weighted by Crippen LogP contribution is 2.32. The summed E-state index contributed by atoms with van der Waals surface area (Å²) in [5.74, 6) is -0.887. The molecular weight excluding hydrogens is 568 g/mol. The molecule has 0 bridgehead atoms. The molecule has 6 aromatic rings. The highest BCUT2D eigenvalue weighted by atomic mass is 32.2. The Hall–Kier alpha value is -5.47. The molecule has 0 aliphatic heterocycles. The van der Waals surface area contributed by atoms with Gasteiger partial charge < -0.3 is 10.6 Å². The summed E-state index contributed by atoms with van der Waals surface area (Å²) in [6.45, 7) is 1.90. The standard InChI is InChI=1S/C36H28N4O3S/c1-24(36(43)40-32-15-7-5-13-29(32)30-14-6-8-16-33(30)40)44-28-19-17-27(18-20-28)38-35(42)31(22-25-10-9-21-37-23-25)39-34(41)26-11-3-2-4-12-26/h2-24H,1H3,(H,38,42)(H,39,41)/b31-22-. The van der Waals surface area contributed by atoms with Crippen molar-refractivity contribution in [3.63, 3.8) is 0 Å². The molecule has 216 valence electrons. The molecule has 2 aromatic heterocycles. The number of carbonyl (C=O) groups excluding carboxylic acids is 3. The minimum atomic E-state index is -0.478. The third kappa shape index (κ3) is 6.16. The largest absolute Gasteiger partial charge is 0.321 e. The van der Waals surface area contributed by atoms with Gasteiger partial charge >= 0.3 is 0 Å². The molecule has 4 aromatic carbocycles. The first-order valence-corrected chi connectivity index (χ1v) is 14.9. The molecule has 2 N–H and O–H groups in total. The van der Waals surface area contributed by atoms with Gasteiger partial charge in [0, 0.05) is 39.3 Å². The van der Waals surface area contributed by atoms with Gasteiger partial charge in [-0.2, -0.15) is 0 Å². The predicted molar refractivity (Wildman–Crippen MR) is 177 cm³/mol. The normalized spacial score (nSPS) is 12.2. The Morgan fingerprint density at radius 3 is 2.05 bits per heavy atom. The van der Waals surface area contributed by atoms with Crippen molar-refractivity contribution in [2.75, 3.05) is 5.32 Å². The number of carbonyl (C=O) groups is 3. The molecule has 0 spiro atoms. The average Bonchev–Trinajstić information content (AvgIpc) is 3.40. The van der Waals surface area contributed by atoms with Crippen LogP contribution in [-0.4, -0.2) is 32.5 Å². The van der Waals surface area contributed by atoms with Crippen LogP contribution in [0.5, 0.6) is 0 Å². The van der Waals surface area contributed by atoms with Crippen LogP contribution in [-0.2, 0) is 4.79 Å². The van der Waals surface area contributed by atoms with Gasteiger partial charge in [0.15, 0.2) is 0 Å². The summed E-state index contributed by atoms with van der Waals surface area (Å²) in [5, 5.41) is 7.32. The third-order valence-corrected chi connectivity index (χ3v) is 8.20. The highest BCUT2D eigenvalue weighted by molar-refractivity contribution is 8.00. The number of hydrogen-bond donors (Lipinski definition) is 2. The number of thioether (sulfide) groups is 1. The second-order valence-corrected chi connectivity index (χ2v) is 11.5. The molecule has 8 heteroatoms. The molecule has 1 unspecified atom stereocenters. The lowest BCUT2D eigenvalue weighted by atomic mass is 10.2. The number of nitrogens with one attached hydrogen (secondary N) is 2. The summed E-state index contributed by atoms with van der Waals surface area (Å²) in [6, 6.07) is 35.4. The first-order chi connectivity index (χ1) is 21.5. The molecule has 1 atom stereocenters. The van der Waals surface area contributed by atoms with E-state index in [9.17, 15) is 14.4 Å². The summed E-state index contributed by atoms with van der Waals surface area (Å²) >= 11 is 1.45. The Kier molecular flexibility index (Phi) is 8.34. The molecule has 2 heterocycles. The van der Waals surface area contributed by atoms with E-state index in [0.29, 0.717) is 16.8 Å².